The van der Waals surface area contributed by atoms with E-state index in [9.17, 15) is 14.4 Å². The molecule has 1 aromatic rings. The summed E-state index contributed by atoms with van der Waals surface area (Å²) in [4.78, 5) is 37.4. The first-order valence-electron chi connectivity index (χ1n) is 8.08. The zero-order valence-electron chi connectivity index (χ0n) is 13.0. The van der Waals surface area contributed by atoms with Crippen molar-refractivity contribution >= 4 is 17.8 Å². The minimum atomic E-state index is -0.593. The molecule has 0 radical (unpaired) electrons. The number of rotatable bonds is 5. The third-order valence-corrected chi connectivity index (χ3v) is 4.41. The molecule has 1 atom stereocenters. The third-order valence-electron chi connectivity index (χ3n) is 4.41. The minimum Gasteiger partial charge on any atom is -0.352 e. The summed E-state index contributed by atoms with van der Waals surface area (Å²) in [5.41, 5.74) is 0.975. The van der Waals surface area contributed by atoms with Crippen LogP contribution in [0.5, 0.6) is 0 Å². The van der Waals surface area contributed by atoms with Gasteiger partial charge in [-0.25, -0.2) is 4.79 Å². The predicted molar refractivity (Wildman–Crippen MR) is 84.6 cm³/mol. The van der Waals surface area contributed by atoms with Crippen molar-refractivity contribution in [3.63, 3.8) is 0 Å². The van der Waals surface area contributed by atoms with Gasteiger partial charge in [0.1, 0.15) is 12.6 Å². The fraction of sp³-hybridized carbons (Fsp3) is 0.471. The summed E-state index contributed by atoms with van der Waals surface area (Å²) in [6, 6.07) is 8.61. The Morgan fingerprint density at radius 3 is 2.57 bits per heavy atom. The number of imide groups is 1. The molecule has 2 aliphatic rings. The lowest BCUT2D eigenvalue weighted by Crippen LogP contribution is -2.44. The van der Waals surface area contributed by atoms with Gasteiger partial charge in [-0.2, -0.15) is 0 Å². The number of urea groups is 1. The van der Waals surface area contributed by atoms with Crippen LogP contribution in [0.1, 0.15) is 31.2 Å². The Labute approximate surface area is 135 Å². The first-order chi connectivity index (χ1) is 11.1. The molecule has 2 fully saturated rings. The smallest absolute Gasteiger partial charge is 0.325 e. The largest absolute Gasteiger partial charge is 0.352 e. The average Bonchev–Trinajstić information content (AvgIpc) is 3.13. The molecule has 0 bridgehead atoms. The van der Waals surface area contributed by atoms with Crippen molar-refractivity contribution < 1.29 is 14.4 Å². The van der Waals surface area contributed by atoms with E-state index in [1.807, 2.05) is 30.3 Å². The zero-order chi connectivity index (χ0) is 16.2. The van der Waals surface area contributed by atoms with Gasteiger partial charge in [-0.1, -0.05) is 43.2 Å². The van der Waals surface area contributed by atoms with Gasteiger partial charge in [-0.3, -0.25) is 14.5 Å². The maximum absolute atomic E-state index is 12.4. The van der Waals surface area contributed by atoms with Crippen LogP contribution < -0.4 is 10.6 Å². The highest BCUT2D eigenvalue weighted by atomic mass is 16.2. The molecule has 1 saturated heterocycles. The molecule has 122 valence electrons. The van der Waals surface area contributed by atoms with Crippen molar-refractivity contribution in [3.8, 4) is 0 Å². The molecule has 1 saturated carbocycles. The number of nitrogens with zero attached hydrogens (tertiary/aromatic N) is 1. The average molecular weight is 315 g/mol. The van der Waals surface area contributed by atoms with Crippen LogP contribution in [0.3, 0.4) is 0 Å². The van der Waals surface area contributed by atoms with Crippen LogP contribution in [0.4, 0.5) is 4.79 Å². The monoisotopic (exact) mass is 315 g/mol. The van der Waals surface area contributed by atoms with Crippen LogP contribution in [0.2, 0.25) is 0 Å². The van der Waals surface area contributed by atoms with E-state index in [0.29, 0.717) is 6.42 Å². The van der Waals surface area contributed by atoms with Gasteiger partial charge in [-0.15, -0.1) is 0 Å². The fourth-order valence-electron chi connectivity index (χ4n) is 3.20. The number of carbonyl (C=O) groups excluding carboxylic acids is 3. The number of nitrogens with one attached hydrogen (secondary N) is 2. The van der Waals surface area contributed by atoms with Crippen LogP contribution in [0.25, 0.3) is 0 Å². The van der Waals surface area contributed by atoms with E-state index < -0.39 is 12.1 Å². The highest BCUT2D eigenvalue weighted by molar-refractivity contribution is 6.06. The molecular weight excluding hydrogens is 294 g/mol. The molecule has 1 aromatic carbocycles. The number of hydrogen-bond donors (Lipinski definition) is 2. The van der Waals surface area contributed by atoms with E-state index >= 15 is 0 Å². The van der Waals surface area contributed by atoms with Gasteiger partial charge in [0.05, 0.1) is 0 Å². The molecule has 6 heteroatoms. The van der Waals surface area contributed by atoms with Gasteiger partial charge in [0.2, 0.25) is 5.91 Å². The molecule has 0 unspecified atom stereocenters. The Kier molecular flexibility index (Phi) is 4.60. The topological polar surface area (TPSA) is 78.5 Å². The van der Waals surface area contributed by atoms with E-state index in [1.54, 1.807) is 0 Å². The van der Waals surface area contributed by atoms with Gasteiger partial charge in [0, 0.05) is 12.5 Å². The van der Waals surface area contributed by atoms with Crippen LogP contribution in [0, 0.1) is 0 Å². The first-order valence-corrected chi connectivity index (χ1v) is 8.08. The lowest BCUT2D eigenvalue weighted by atomic mass is 10.1. The number of carbonyl (C=O) groups is 3. The molecular formula is C17H21N3O3. The lowest BCUT2D eigenvalue weighted by Gasteiger charge is -2.16. The molecule has 1 aliphatic heterocycles. The van der Waals surface area contributed by atoms with E-state index in [-0.39, 0.29) is 24.4 Å². The quantitative estimate of drug-likeness (QED) is 0.802. The van der Waals surface area contributed by atoms with Crippen LogP contribution >= 0.6 is 0 Å². The Morgan fingerprint density at radius 2 is 1.87 bits per heavy atom. The Hall–Kier alpha value is -2.37. The SMILES string of the molecule is O=C(CN1C(=O)N[C@@H](Cc2ccccc2)C1=O)NC1CCCC1. The first kappa shape index (κ1) is 15.5. The van der Waals surface area contributed by atoms with E-state index in [1.165, 1.54) is 0 Å². The van der Waals surface area contributed by atoms with E-state index in [2.05, 4.69) is 10.6 Å². The van der Waals surface area contributed by atoms with E-state index in [0.717, 1.165) is 36.1 Å². The summed E-state index contributed by atoms with van der Waals surface area (Å²) in [7, 11) is 0. The van der Waals surface area contributed by atoms with Crippen LogP contribution in [-0.2, 0) is 16.0 Å². The maximum atomic E-state index is 12.4. The molecule has 6 nitrogen and oxygen atoms in total. The second-order valence-electron chi connectivity index (χ2n) is 6.17. The second-order valence-corrected chi connectivity index (χ2v) is 6.17. The lowest BCUT2D eigenvalue weighted by molar-refractivity contribution is -0.132. The summed E-state index contributed by atoms with van der Waals surface area (Å²) in [6.07, 6.45) is 4.62. The summed E-state index contributed by atoms with van der Waals surface area (Å²) >= 11 is 0. The number of hydrogen-bond acceptors (Lipinski definition) is 3. The summed E-state index contributed by atoms with van der Waals surface area (Å²) < 4.78 is 0. The molecule has 2 N–H and O–H groups in total. The summed E-state index contributed by atoms with van der Waals surface area (Å²) in [5.74, 6) is -0.596. The van der Waals surface area contributed by atoms with Gasteiger partial charge < -0.3 is 10.6 Å². The summed E-state index contributed by atoms with van der Waals surface area (Å²) in [6.45, 7) is -0.202. The van der Waals surface area contributed by atoms with Gasteiger partial charge in [0.15, 0.2) is 0 Å². The molecule has 23 heavy (non-hydrogen) atoms. The number of amides is 4. The Bertz CT molecular complexity index is 596. The van der Waals surface area contributed by atoms with Gasteiger partial charge >= 0.3 is 6.03 Å². The molecule has 4 amide bonds. The highest BCUT2D eigenvalue weighted by Crippen LogP contribution is 2.18. The van der Waals surface area contributed by atoms with Crippen molar-refractivity contribution in [1.82, 2.24) is 15.5 Å². The van der Waals surface area contributed by atoms with Crippen LogP contribution in [0.15, 0.2) is 30.3 Å². The van der Waals surface area contributed by atoms with Crippen molar-refractivity contribution in [2.75, 3.05) is 6.54 Å². The predicted octanol–water partition coefficient (Wildman–Crippen LogP) is 1.21. The zero-order valence-corrected chi connectivity index (χ0v) is 13.0. The third kappa shape index (κ3) is 3.70. The van der Waals surface area contributed by atoms with Gasteiger partial charge in [0.25, 0.3) is 5.91 Å². The standard InChI is InChI=1S/C17H21N3O3/c21-15(18-13-8-4-5-9-13)11-20-16(22)14(19-17(20)23)10-12-6-2-1-3-7-12/h1-3,6-7,13-14H,4-5,8-11H2,(H,18,21)(H,19,23)/t14-/m0/s1. The van der Waals surface area contributed by atoms with Gasteiger partial charge in [-0.05, 0) is 18.4 Å². The minimum absolute atomic E-state index is 0.184. The second kappa shape index (κ2) is 6.81. The molecule has 0 aromatic heterocycles. The van der Waals surface area contributed by atoms with Crippen molar-refractivity contribution in [2.24, 2.45) is 0 Å². The van der Waals surface area contributed by atoms with E-state index in [4.69, 9.17) is 0 Å². The summed E-state index contributed by atoms with van der Waals surface area (Å²) in [5, 5.41) is 5.56. The molecule has 1 heterocycles. The van der Waals surface area contributed by atoms with Crippen molar-refractivity contribution in [3.05, 3.63) is 35.9 Å². The Balaban J connectivity index is 1.56. The maximum Gasteiger partial charge on any atom is 0.325 e. The fourth-order valence-corrected chi connectivity index (χ4v) is 3.20. The number of benzene rings is 1. The van der Waals surface area contributed by atoms with Crippen LogP contribution in [-0.4, -0.2) is 41.4 Å². The highest BCUT2D eigenvalue weighted by Gasteiger charge is 2.39. The molecule has 0 spiro atoms. The Morgan fingerprint density at radius 1 is 1.17 bits per heavy atom. The molecule has 1 aliphatic carbocycles. The van der Waals surface area contributed by atoms with Crippen molar-refractivity contribution in [1.29, 1.82) is 0 Å². The van der Waals surface area contributed by atoms with Crippen molar-refractivity contribution in [2.45, 2.75) is 44.2 Å². The molecule has 3 rings (SSSR count). The normalized spacial score (nSPS) is 21.6.